The van der Waals surface area contributed by atoms with Gasteiger partial charge in [-0.3, -0.25) is 4.79 Å². The van der Waals surface area contributed by atoms with Gasteiger partial charge in [0.2, 0.25) is 5.91 Å². The number of hydrogen-bond donors (Lipinski definition) is 1. The van der Waals surface area contributed by atoms with Crippen molar-refractivity contribution in [1.29, 1.82) is 0 Å². The maximum absolute atomic E-state index is 12.5. The fraction of sp³-hybridized carbons (Fsp3) is 0.933. The monoisotopic (exact) mass is 250 g/mol. The van der Waals surface area contributed by atoms with Gasteiger partial charge in [-0.05, 0) is 44.1 Å². The molecule has 1 N–H and O–H groups in total. The lowest BCUT2D eigenvalue weighted by Crippen LogP contribution is -2.46. The van der Waals surface area contributed by atoms with Gasteiger partial charge in [-0.1, -0.05) is 19.3 Å². The van der Waals surface area contributed by atoms with Crippen molar-refractivity contribution in [3.05, 3.63) is 0 Å². The number of piperidine rings is 1. The van der Waals surface area contributed by atoms with Crippen LogP contribution in [0.5, 0.6) is 0 Å². The molecular weight excluding hydrogens is 224 g/mol. The van der Waals surface area contributed by atoms with Crippen molar-refractivity contribution in [2.24, 2.45) is 11.3 Å². The molecule has 3 rings (SSSR count). The Balaban J connectivity index is 1.53. The number of amides is 1. The van der Waals surface area contributed by atoms with Gasteiger partial charge in [0.1, 0.15) is 0 Å². The SMILES string of the molecule is O=C(C1CCCCC1)N1CCC2(CCNC2)CC1. The van der Waals surface area contributed by atoms with Crippen molar-refractivity contribution >= 4 is 5.91 Å². The van der Waals surface area contributed by atoms with E-state index in [9.17, 15) is 4.79 Å². The quantitative estimate of drug-likeness (QED) is 0.773. The number of carbonyl (C=O) groups excluding carboxylic acids is 1. The Morgan fingerprint density at radius 2 is 1.78 bits per heavy atom. The molecule has 102 valence electrons. The second-order valence-electron chi connectivity index (χ2n) is 6.59. The Hall–Kier alpha value is -0.570. The van der Waals surface area contributed by atoms with Gasteiger partial charge in [0, 0.05) is 25.6 Å². The average molecular weight is 250 g/mol. The molecular formula is C15H26N2O. The van der Waals surface area contributed by atoms with Crippen LogP contribution in [0.25, 0.3) is 0 Å². The largest absolute Gasteiger partial charge is 0.342 e. The van der Waals surface area contributed by atoms with E-state index >= 15 is 0 Å². The minimum absolute atomic E-state index is 0.356. The summed E-state index contributed by atoms with van der Waals surface area (Å²) in [5, 5.41) is 3.49. The third kappa shape index (κ3) is 2.42. The van der Waals surface area contributed by atoms with Gasteiger partial charge in [-0.15, -0.1) is 0 Å². The van der Waals surface area contributed by atoms with E-state index in [0.29, 0.717) is 17.2 Å². The van der Waals surface area contributed by atoms with Crippen molar-refractivity contribution in [2.75, 3.05) is 26.2 Å². The van der Waals surface area contributed by atoms with Gasteiger partial charge in [-0.2, -0.15) is 0 Å². The molecule has 0 aromatic heterocycles. The molecule has 1 saturated carbocycles. The molecule has 1 spiro atoms. The molecule has 3 aliphatic rings. The van der Waals surface area contributed by atoms with Crippen molar-refractivity contribution in [1.82, 2.24) is 10.2 Å². The summed E-state index contributed by atoms with van der Waals surface area (Å²) in [6.45, 7) is 4.38. The first-order chi connectivity index (χ1) is 8.79. The Morgan fingerprint density at radius 3 is 2.39 bits per heavy atom. The molecule has 1 amide bonds. The second-order valence-corrected chi connectivity index (χ2v) is 6.59. The summed E-state index contributed by atoms with van der Waals surface area (Å²) in [7, 11) is 0. The van der Waals surface area contributed by atoms with Gasteiger partial charge in [0.15, 0.2) is 0 Å². The standard InChI is InChI=1S/C15H26N2O/c18-14(13-4-2-1-3-5-13)17-10-7-15(8-11-17)6-9-16-12-15/h13,16H,1-12H2. The van der Waals surface area contributed by atoms with Crippen molar-refractivity contribution in [3.63, 3.8) is 0 Å². The maximum atomic E-state index is 12.5. The van der Waals surface area contributed by atoms with E-state index in [1.165, 1.54) is 51.6 Å². The minimum atomic E-state index is 0.356. The molecule has 2 heterocycles. The summed E-state index contributed by atoms with van der Waals surface area (Å²) in [5.74, 6) is 0.824. The molecule has 18 heavy (non-hydrogen) atoms. The first kappa shape index (κ1) is 12.5. The molecule has 0 aromatic carbocycles. The van der Waals surface area contributed by atoms with Gasteiger partial charge < -0.3 is 10.2 Å². The molecule has 2 saturated heterocycles. The highest BCUT2D eigenvalue weighted by Crippen LogP contribution is 2.37. The zero-order valence-electron chi connectivity index (χ0n) is 11.4. The summed E-state index contributed by atoms with van der Waals surface area (Å²) in [5.41, 5.74) is 0.531. The van der Waals surface area contributed by atoms with E-state index in [1.54, 1.807) is 0 Å². The van der Waals surface area contributed by atoms with Gasteiger partial charge in [0.05, 0.1) is 0 Å². The Bertz CT molecular complexity index is 294. The van der Waals surface area contributed by atoms with Crippen molar-refractivity contribution < 1.29 is 4.79 Å². The van der Waals surface area contributed by atoms with Crippen LogP contribution in [0.3, 0.4) is 0 Å². The molecule has 0 bridgehead atoms. The van der Waals surface area contributed by atoms with E-state index < -0.39 is 0 Å². The lowest BCUT2D eigenvalue weighted by atomic mass is 9.77. The van der Waals surface area contributed by atoms with Gasteiger partial charge >= 0.3 is 0 Å². The molecule has 0 aromatic rings. The van der Waals surface area contributed by atoms with Crippen LogP contribution in [-0.4, -0.2) is 37.0 Å². The molecule has 0 unspecified atom stereocenters. The molecule has 2 aliphatic heterocycles. The van der Waals surface area contributed by atoms with Crippen molar-refractivity contribution in [3.8, 4) is 0 Å². The first-order valence-electron chi connectivity index (χ1n) is 7.79. The van der Waals surface area contributed by atoms with E-state index in [2.05, 4.69) is 10.2 Å². The van der Waals surface area contributed by atoms with Gasteiger partial charge in [0.25, 0.3) is 0 Å². The third-order valence-electron chi connectivity index (χ3n) is 5.42. The van der Waals surface area contributed by atoms with Crippen LogP contribution in [0.2, 0.25) is 0 Å². The number of hydrogen-bond acceptors (Lipinski definition) is 2. The topological polar surface area (TPSA) is 32.3 Å². The van der Waals surface area contributed by atoms with Crippen LogP contribution >= 0.6 is 0 Å². The smallest absolute Gasteiger partial charge is 0.225 e. The van der Waals surface area contributed by atoms with Crippen LogP contribution in [0, 0.1) is 11.3 Å². The van der Waals surface area contributed by atoms with Crippen LogP contribution in [0.4, 0.5) is 0 Å². The second kappa shape index (κ2) is 5.20. The number of likely N-dealkylation sites (tertiary alicyclic amines) is 1. The third-order valence-corrected chi connectivity index (χ3v) is 5.42. The highest BCUT2D eigenvalue weighted by molar-refractivity contribution is 5.79. The molecule has 3 nitrogen and oxygen atoms in total. The Kier molecular flexibility index (Phi) is 3.60. The summed E-state index contributed by atoms with van der Waals surface area (Å²) in [4.78, 5) is 14.6. The fourth-order valence-electron chi connectivity index (χ4n) is 4.03. The molecule has 3 fully saturated rings. The molecule has 1 aliphatic carbocycles. The first-order valence-corrected chi connectivity index (χ1v) is 7.79. The van der Waals surface area contributed by atoms with E-state index in [-0.39, 0.29) is 0 Å². The van der Waals surface area contributed by atoms with Crippen LogP contribution in [-0.2, 0) is 4.79 Å². The number of nitrogens with one attached hydrogen (secondary N) is 1. The predicted molar refractivity (Wildman–Crippen MR) is 72.3 cm³/mol. The molecule has 3 heteroatoms. The zero-order valence-corrected chi connectivity index (χ0v) is 11.4. The predicted octanol–water partition coefficient (Wildman–Crippen LogP) is 2.17. The minimum Gasteiger partial charge on any atom is -0.342 e. The Morgan fingerprint density at radius 1 is 1.06 bits per heavy atom. The normalized spacial score (nSPS) is 28.8. The lowest BCUT2D eigenvalue weighted by Gasteiger charge is -2.40. The summed E-state index contributed by atoms with van der Waals surface area (Å²) in [6, 6.07) is 0. The zero-order chi connectivity index (χ0) is 12.4. The summed E-state index contributed by atoms with van der Waals surface area (Å²) in [6.07, 6.45) is 9.90. The lowest BCUT2D eigenvalue weighted by molar-refractivity contribution is -0.138. The van der Waals surface area contributed by atoms with Crippen LogP contribution in [0.1, 0.15) is 51.4 Å². The highest BCUT2D eigenvalue weighted by atomic mass is 16.2. The average Bonchev–Trinajstić information content (AvgIpc) is 2.88. The Labute approximate surface area is 110 Å². The maximum Gasteiger partial charge on any atom is 0.225 e. The number of nitrogens with zero attached hydrogens (tertiary/aromatic N) is 1. The fourth-order valence-corrected chi connectivity index (χ4v) is 4.03. The van der Waals surface area contributed by atoms with Crippen LogP contribution in [0.15, 0.2) is 0 Å². The number of carbonyl (C=O) groups is 1. The van der Waals surface area contributed by atoms with Crippen molar-refractivity contribution in [2.45, 2.75) is 51.4 Å². The van der Waals surface area contributed by atoms with Crippen LogP contribution < -0.4 is 5.32 Å². The highest BCUT2D eigenvalue weighted by Gasteiger charge is 2.39. The molecule has 0 radical (unpaired) electrons. The number of rotatable bonds is 1. The van der Waals surface area contributed by atoms with Gasteiger partial charge in [-0.25, -0.2) is 0 Å². The van der Waals surface area contributed by atoms with E-state index in [4.69, 9.17) is 0 Å². The summed E-state index contributed by atoms with van der Waals surface area (Å²) < 4.78 is 0. The van der Waals surface area contributed by atoms with E-state index in [1.807, 2.05) is 0 Å². The van der Waals surface area contributed by atoms with E-state index in [0.717, 1.165) is 25.9 Å². The summed E-state index contributed by atoms with van der Waals surface area (Å²) >= 11 is 0. The molecule has 0 atom stereocenters.